The Balaban J connectivity index is 0.000000209. The highest BCUT2D eigenvalue weighted by molar-refractivity contribution is 7.13. The fourth-order valence-corrected chi connectivity index (χ4v) is 3.98. The third-order valence-corrected chi connectivity index (χ3v) is 5.30. The maximum atomic E-state index is 10.6. The molecule has 2 aromatic heterocycles. The Morgan fingerprint density at radius 2 is 2.17 bits per heavy atom. The Morgan fingerprint density at radius 3 is 2.71 bits per heavy atom. The monoisotopic (exact) mass is 359 g/mol. The molecule has 1 spiro atoms. The van der Waals surface area contributed by atoms with Crippen LogP contribution in [0.2, 0.25) is 0 Å². The van der Waals surface area contributed by atoms with Gasteiger partial charge >= 0.3 is 12.1 Å². The lowest BCUT2D eigenvalue weighted by Crippen LogP contribution is -2.26. The van der Waals surface area contributed by atoms with Crippen LogP contribution < -0.4 is 5.32 Å². The van der Waals surface area contributed by atoms with E-state index in [-0.39, 0.29) is 0 Å². The average Bonchev–Trinajstić information content (AvgIpc) is 3.27. The number of hydrogen-bond acceptors (Lipinski definition) is 4. The second-order valence-corrected chi connectivity index (χ2v) is 6.80. The number of hydrogen-bond donors (Lipinski definition) is 2. The molecule has 1 fully saturated rings. The van der Waals surface area contributed by atoms with Gasteiger partial charge in [0.1, 0.15) is 5.82 Å². The first-order valence-electron chi connectivity index (χ1n) is 7.44. The molecule has 5 nitrogen and oxygen atoms in total. The molecule has 24 heavy (non-hydrogen) atoms. The minimum atomic E-state index is -5.08. The largest absolute Gasteiger partial charge is 0.490 e. The van der Waals surface area contributed by atoms with Crippen molar-refractivity contribution in [2.45, 2.75) is 31.0 Å². The lowest BCUT2D eigenvalue weighted by molar-refractivity contribution is -0.192. The van der Waals surface area contributed by atoms with E-state index >= 15 is 0 Å². The molecular formula is C15H16F3N3O2S. The number of nitrogens with zero attached hydrogens (tertiary/aromatic N) is 2. The Bertz CT molecular complexity index is 719. The molecular weight excluding hydrogens is 343 g/mol. The van der Waals surface area contributed by atoms with Gasteiger partial charge in [0.15, 0.2) is 0 Å². The molecule has 0 saturated carbocycles. The van der Waals surface area contributed by atoms with Crippen molar-refractivity contribution in [3.8, 4) is 10.6 Å². The molecule has 4 rings (SSSR count). The summed E-state index contributed by atoms with van der Waals surface area (Å²) in [4.78, 5) is 15.0. The van der Waals surface area contributed by atoms with Crippen molar-refractivity contribution in [3.63, 3.8) is 0 Å². The zero-order valence-electron chi connectivity index (χ0n) is 12.6. The highest BCUT2D eigenvalue weighted by Gasteiger charge is 2.43. The molecule has 130 valence electrons. The Morgan fingerprint density at radius 1 is 1.42 bits per heavy atom. The Labute approximate surface area is 140 Å². The highest BCUT2D eigenvalue weighted by Crippen LogP contribution is 2.41. The quantitative estimate of drug-likeness (QED) is 0.822. The number of alkyl halides is 3. The normalized spacial score (nSPS) is 22.3. The maximum absolute atomic E-state index is 10.6. The molecule has 9 heteroatoms. The number of imidazole rings is 1. The molecule has 2 aromatic rings. The average molecular weight is 359 g/mol. The number of nitrogens with one attached hydrogen (secondary N) is 1. The molecule has 4 heterocycles. The number of thiophene rings is 1. The van der Waals surface area contributed by atoms with Crippen LogP contribution in [0.3, 0.4) is 0 Å². The van der Waals surface area contributed by atoms with Crippen LogP contribution in [0, 0.1) is 0 Å². The molecule has 2 N–H and O–H groups in total. The second kappa shape index (κ2) is 6.21. The van der Waals surface area contributed by atoms with Gasteiger partial charge in [0, 0.05) is 18.5 Å². The molecule has 2 aliphatic heterocycles. The third kappa shape index (κ3) is 3.05. The van der Waals surface area contributed by atoms with Gasteiger partial charge in [-0.05, 0) is 30.8 Å². The lowest BCUT2D eigenvalue weighted by atomic mass is 9.85. The molecule has 0 amide bonds. The summed E-state index contributed by atoms with van der Waals surface area (Å²) in [7, 11) is 0. The summed E-state index contributed by atoms with van der Waals surface area (Å²) in [6, 6.07) is 4.30. The van der Waals surface area contributed by atoms with E-state index in [0.717, 1.165) is 19.6 Å². The smallest absolute Gasteiger partial charge is 0.475 e. The molecule has 0 radical (unpaired) electrons. The number of rotatable bonds is 1. The van der Waals surface area contributed by atoms with Gasteiger partial charge in [0.05, 0.1) is 16.8 Å². The van der Waals surface area contributed by atoms with Crippen molar-refractivity contribution >= 4 is 17.3 Å². The fraction of sp³-hybridized carbons (Fsp3) is 0.467. The van der Waals surface area contributed by atoms with Gasteiger partial charge in [0.25, 0.3) is 0 Å². The van der Waals surface area contributed by atoms with Crippen LogP contribution in [0.15, 0.2) is 23.7 Å². The molecule has 0 aromatic carbocycles. The second-order valence-electron chi connectivity index (χ2n) is 5.86. The van der Waals surface area contributed by atoms with Crippen molar-refractivity contribution in [2.24, 2.45) is 0 Å². The molecule has 0 aliphatic carbocycles. The summed E-state index contributed by atoms with van der Waals surface area (Å²) >= 11 is 1.80. The summed E-state index contributed by atoms with van der Waals surface area (Å²) in [5.74, 6) is -1.45. The standard InChI is InChI=1S/C13H15N3S.C2HF3O2/c1-2-11(17-7-1)10-8-15-12-13(3-5-14-9-13)4-6-16(10)12;3-2(4,5)1(6)7/h1-2,7-8,14H,3-6,9H2;(H,6,7). The fourth-order valence-electron chi connectivity index (χ4n) is 3.23. The molecule has 0 bridgehead atoms. The van der Waals surface area contributed by atoms with Gasteiger partial charge in [-0.25, -0.2) is 9.78 Å². The number of aromatic nitrogens is 2. The first kappa shape index (κ1) is 17.0. The van der Waals surface area contributed by atoms with E-state index in [4.69, 9.17) is 14.9 Å². The summed E-state index contributed by atoms with van der Waals surface area (Å²) in [5.41, 5.74) is 1.63. The van der Waals surface area contributed by atoms with Crippen molar-refractivity contribution in [1.29, 1.82) is 0 Å². The Kier molecular flexibility index (Phi) is 4.39. The van der Waals surface area contributed by atoms with Crippen molar-refractivity contribution < 1.29 is 23.1 Å². The van der Waals surface area contributed by atoms with E-state index in [1.54, 1.807) is 11.3 Å². The predicted molar refractivity (Wildman–Crippen MR) is 83.0 cm³/mol. The zero-order chi connectivity index (χ0) is 17.4. The number of aliphatic carboxylic acids is 1. The van der Waals surface area contributed by atoms with Gasteiger partial charge in [0.2, 0.25) is 0 Å². The van der Waals surface area contributed by atoms with E-state index in [1.807, 2.05) is 0 Å². The third-order valence-electron chi connectivity index (χ3n) is 4.40. The zero-order valence-corrected chi connectivity index (χ0v) is 13.5. The van der Waals surface area contributed by atoms with Crippen molar-refractivity contribution in [1.82, 2.24) is 14.9 Å². The summed E-state index contributed by atoms with van der Waals surface area (Å²) in [6.07, 6.45) is -0.532. The first-order chi connectivity index (χ1) is 11.3. The van der Waals surface area contributed by atoms with Gasteiger partial charge in [-0.15, -0.1) is 11.3 Å². The molecule has 1 saturated heterocycles. The van der Waals surface area contributed by atoms with E-state index in [0.29, 0.717) is 5.41 Å². The van der Waals surface area contributed by atoms with Gasteiger partial charge in [-0.1, -0.05) is 6.07 Å². The summed E-state index contributed by atoms with van der Waals surface area (Å²) in [5, 5.41) is 12.8. The molecule has 1 unspecified atom stereocenters. The van der Waals surface area contributed by atoms with Crippen LogP contribution in [0.4, 0.5) is 13.2 Å². The highest BCUT2D eigenvalue weighted by atomic mass is 32.1. The van der Waals surface area contributed by atoms with Crippen molar-refractivity contribution in [2.75, 3.05) is 13.1 Å². The number of halogens is 3. The topological polar surface area (TPSA) is 67.1 Å². The van der Waals surface area contributed by atoms with E-state index in [1.165, 1.54) is 29.2 Å². The van der Waals surface area contributed by atoms with Gasteiger partial charge < -0.3 is 15.0 Å². The number of carboxylic acid groups (broad SMARTS) is 1. The lowest BCUT2D eigenvalue weighted by Gasteiger charge is -2.18. The van der Waals surface area contributed by atoms with E-state index < -0.39 is 12.1 Å². The van der Waals surface area contributed by atoms with Crippen molar-refractivity contribution in [3.05, 3.63) is 29.5 Å². The van der Waals surface area contributed by atoms with E-state index in [9.17, 15) is 13.2 Å². The van der Waals surface area contributed by atoms with Gasteiger partial charge in [-0.3, -0.25) is 0 Å². The maximum Gasteiger partial charge on any atom is 0.490 e. The Hall–Kier alpha value is -1.87. The van der Waals surface area contributed by atoms with Crippen LogP contribution >= 0.6 is 11.3 Å². The van der Waals surface area contributed by atoms with Gasteiger partial charge in [-0.2, -0.15) is 13.2 Å². The number of carbonyl (C=O) groups is 1. The van der Waals surface area contributed by atoms with Crippen LogP contribution in [0.1, 0.15) is 18.7 Å². The predicted octanol–water partition coefficient (Wildman–Crippen LogP) is 2.88. The SMILES string of the molecule is O=C(O)C(F)(F)F.c1csc(-c2cnc3n2CCC32CCNC2)c1. The van der Waals surface area contributed by atoms with Crippen LogP contribution in [0.25, 0.3) is 10.6 Å². The number of carboxylic acids is 1. The minimum absolute atomic E-state index is 0.329. The number of fused-ring (bicyclic) bond motifs is 2. The summed E-state index contributed by atoms with van der Waals surface area (Å²) < 4.78 is 34.2. The summed E-state index contributed by atoms with van der Waals surface area (Å²) in [6.45, 7) is 3.37. The van der Waals surface area contributed by atoms with Crippen LogP contribution in [-0.4, -0.2) is 39.9 Å². The first-order valence-corrected chi connectivity index (χ1v) is 8.32. The molecule has 2 aliphatic rings. The minimum Gasteiger partial charge on any atom is -0.475 e. The van der Waals surface area contributed by atoms with Crippen LogP contribution in [-0.2, 0) is 16.8 Å². The van der Waals surface area contributed by atoms with E-state index in [2.05, 4.69) is 33.6 Å². The molecule has 1 atom stereocenters. The van der Waals surface area contributed by atoms with Crippen LogP contribution in [0.5, 0.6) is 0 Å².